The van der Waals surface area contributed by atoms with Gasteiger partial charge in [-0.1, -0.05) is 0 Å². The molecule has 2 heterocycles. The number of rotatable bonds is 1. The van der Waals surface area contributed by atoms with Crippen molar-refractivity contribution >= 4 is 5.82 Å². The van der Waals surface area contributed by atoms with E-state index in [2.05, 4.69) is 33.1 Å². The summed E-state index contributed by atoms with van der Waals surface area (Å²) in [5, 5.41) is 17.6. The van der Waals surface area contributed by atoms with E-state index in [0.29, 0.717) is 5.56 Å². The van der Waals surface area contributed by atoms with Crippen molar-refractivity contribution in [3.05, 3.63) is 16.8 Å². The minimum Gasteiger partial charge on any atom is -0.351 e. The Hall–Kier alpha value is -1.67. The second kappa shape index (κ2) is 4.68. The molecule has 0 radical (unpaired) electrons. The third-order valence-electron chi connectivity index (χ3n) is 3.35. The van der Waals surface area contributed by atoms with E-state index in [1.807, 2.05) is 13.8 Å². The van der Waals surface area contributed by atoms with Gasteiger partial charge in [0, 0.05) is 26.2 Å². The van der Waals surface area contributed by atoms with Crippen LogP contribution in [0, 0.1) is 25.2 Å². The summed E-state index contributed by atoms with van der Waals surface area (Å²) in [4.78, 5) is 4.43. The number of nitrogens with zero attached hydrogens (tertiary/aromatic N) is 5. The standard InChI is InChI=1S/C12H17N5/c1-9-10(2)14-15-12(11(9)8-13)17-6-4-16(3)5-7-17/h4-7H2,1-3H3. The van der Waals surface area contributed by atoms with E-state index in [1.54, 1.807) is 0 Å². The highest BCUT2D eigenvalue weighted by atomic mass is 15.3. The van der Waals surface area contributed by atoms with Crippen molar-refractivity contribution in [1.29, 1.82) is 5.26 Å². The molecule has 0 atom stereocenters. The van der Waals surface area contributed by atoms with Crippen molar-refractivity contribution in [2.24, 2.45) is 0 Å². The van der Waals surface area contributed by atoms with Crippen LogP contribution in [0.25, 0.3) is 0 Å². The molecule has 1 aromatic heterocycles. The highest BCUT2D eigenvalue weighted by molar-refractivity contribution is 5.57. The molecule has 0 spiro atoms. The highest BCUT2D eigenvalue weighted by Gasteiger charge is 2.20. The molecule has 0 unspecified atom stereocenters. The predicted molar refractivity (Wildman–Crippen MR) is 65.9 cm³/mol. The molecule has 5 nitrogen and oxygen atoms in total. The molecule has 1 fully saturated rings. The largest absolute Gasteiger partial charge is 0.351 e. The van der Waals surface area contributed by atoms with Crippen LogP contribution in [0.4, 0.5) is 5.82 Å². The molecule has 0 aliphatic carbocycles. The van der Waals surface area contributed by atoms with Crippen LogP contribution in [0.2, 0.25) is 0 Å². The fourth-order valence-electron chi connectivity index (χ4n) is 1.97. The fourth-order valence-corrected chi connectivity index (χ4v) is 1.97. The maximum Gasteiger partial charge on any atom is 0.169 e. The quantitative estimate of drug-likeness (QED) is 0.712. The van der Waals surface area contributed by atoms with Crippen LogP contribution in [0.1, 0.15) is 16.8 Å². The zero-order chi connectivity index (χ0) is 12.4. The zero-order valence-electron chi connectivity index (χ0n) is 10.6. The van der Waals surface area contributed by atoms with Crippen LogP contribution >= 0.6 is 0 Å². The van der Waals surface area contributed by atoms with Crippen molar-refractivity contribution in [2.45, 2.75) is 13.8 Å². The Labute approximate surface area is 102 Å². The maximum absolute atomic E-state index is 9.25. The van der Waals surface area contributed by atoms with Gasteiger partial charge in [-0.05, 0) is 26.5 Å². The molecule has 0 amide bonds. The second-order valence-corrected chi connectivity index (χ2v) is 4.51. The minimum atomic E-state index is 0.669. The van der Waals surface area contributed by atoms with Crippen LogP contribution < -0.4 is 4.90 Å². The van der Waals surface area contributed by atoms with Gasteiger partial charge in [0.25, 0.3) is 0 Å². The molecule has 5 heteroatoms. The van der Waals surface area contributed by atoms with Crippen molar-refractivity contribution in [3.8, 4) is 6.07 Å². The van der Waals surface area contributed by atoms with E-state index in [1.165, 1.54) is 0 Å². The van der Waals surface area contributed by atoms with Crippen LogP contribution in [-0.2, 0) is 0 Å². The number of hydrogen-bond donors (Lipinski definition) is 0. The summed E-state index contributed by atoms with van der Waals surface area (Å²) in [6.07, 6.45) is 0. The van der Waals surface area contributed by atoms with Gasteiger partial charge >= 0.3 is 0 Å². The van der Waals surface area contributed by atoms with Gasteiger partial charge in [-0.3, -0.25) is 0 Å². The Balaban J connectivity index is 2.33. The first-order valence-corrected chi connectivity index (χ1v) is 5.81. The number of hydrogen-bond acceptors (Lipinski definition) is 5. The summed E-state index contributed by atoms with van der Waals surface area (Å²) in [5.74, 6) is 0.740. The number of nitriles is 1. The third kappa shape index (κ3) is 2.22. The first-order chi connectivity index (χ1) is 8.13. The number of anilines is 1. The lowest BCUT2D eigenvalue weighted by Gasteiger charge is -2.33. The lowest BCUT2D eigenvalue weighted by Crippen LogP contribution is -2.45. The smallest absolute Gasteiger partial charge is 0.169 e. The number of likely N-dealkylation sites (N-methyl/N-ethyl adjacent to an activating group) is 1. The number of aromatic nitrogens is 2. The molecule has 1 aliphatic heterocycles. The van der Waals surface area contributed by atoms with E-state index < -0.39 is 0 Å². The predicted octanol–water partition coefficient (Wildman–Crippen LogP) is 0.717. The Kier molecular flexibility index (Phi) is 3.25. The number of aryl methyl sites for hydroxylation is 1. The first kappa shape index (κ1) is 11.8. The Morgan fingerprint density at radius 2 is 1.76 bits per heavy atom. The SMILES string of the molecule is Cc1nnc(N2CCN(C)CC2)c(C#N)c1C. The zero-order valence-corrected chi connectivity index (χ0v) is 10.6. The summed E-state index contributed by atoms with van der Waals surface area (Å²) in [6, 6.07) is 2.26. The third-order valence-corrected chi connectivity index (χ3v) is 3.35. The van der Waals surface area contributed by atoms with E-state index >= 15 is 0 Å². The van der Waals surface area contributed by atoms with E-state index in [-0.39, 0.29) is 0 Å². The first-order valence-electron chi connectivity index (χ1n) is 5.81. The average molecular weight is 231 g/mol. The van der Waals surface area contributed by atoms with E-state index in [4.69, 9.17) is 0 Å². The molecule has 0 bridgehead atoms. The fraction of sp³-hybridized carbons (Fsp3) is 0.583. The van der Waals surface area contributed by atoms with Crippen molar-refractivity contribution < 1.29 is 0 Å². The number of piperazine rings is 1. The van der Waals surface area contributed by atoms with Gasteiger partial charge in [-0.25, -0.2) is 0 Å². The molecule has 1 aliphatic rings. The Morgan fingerprint density at radius 1 is 1.12 bits per heavy atom. The van der Waals surface area contributed by atoms with Gasteiger partial charge in [0.2, 0.25) is 0 Å². The summed E-state index contributed by atoms with van der Waals surface area (Å²) in [5.41, 5.74) is 2.44. The topological polar surface area (TPSA) is 56.1 Å². The lowest BCUT2D eigenvalue weighted by atomic mass is 10.1. The molecule has 0 aromatic carbocycles. The van der Waals surface area contributed by atoms with E-state index in [0.717, 1.165) is 43.3 Å². The van der Waals surface area contributed by atoms with Gasteiger partial charge in [0.1, 0.15) is 11.6 Å². The molecule has 0 N–H and O–H groups in total. The molecule has 0 saturated carbocycles. The molecule has 2 rings (SSSR count). The maximum atomic E-state index is 9.25. The van der Waals surface area contributed by atoms with Gasteiger partial charge in [0.05, 0.1) is 5.69 Å². The van der Waals surface area contributed by atoms with Crippen molar-refractivity contribution in [3.63, 3.8) is 0 Å². The Morgan fingerprint density at radius 3 is 2.35 bits per heavy atom. The molecule has 1 saturated heterocycles. The molecule has 90 valence electrons. The minimum absolute atomic E-state index is 0.669. The van der Waals surface area contributed by atoms with E-state index in [9.17, 15) is 5.26 Å². The van der Waals surface area contributed by atoms with Crippen molar-refractivity contribution in [1.82, 2.24) is 15.1 Å². The van der Waals surface area contributed by atoms with Crippen LogP contribution in [0.15, 0.2) is 0 Å². The summed E-state index contributed by atoms with van der Waals surface area (Å²) >= 11 is 0. The van der Waals surface area contributed by atoms with Crippen LogP contribution in [0.5, 0.6) is 0 Å². The van der Waals surface area contributed by atoms with Crippen molar-refractivity contribution in [2.75, 3.05) is 38.1 Å². The summed E-state index contributed by atoms with van der Waals surface area (Å²) in [7, 11) is 2.11. The van der Waals surface area contributed by atoms with Crippen LogP contribution in [0.3, 0.4) is 0 Å². The molecule has 17 heavy (non-hydrogen) atoms. The monoisotopic (exact) mass is 231 g/mol. The van der Waals surface area contributed by atoms with Gasteiger partial charge in [-0.15, -0.1) is 5.10 Å². The van der Waals surface area contributed by atoms with Gasteiger partial charge in [-0.2, -0.15) is 10.4 Å². The second-order valence-electron chi connectivity index (χ2n) is 4.51. The average Bonchev–Trinajstić information content (AvgIpc) is 2.34. The van der Waals surface area contributed by atoms with Gasteiger partial charge < -0.3 is 9.80 Å². The highest BCUT2D eigenvalue weighted by Crippen LogP contribution is 2.21. The van der Waals surface area contributed by atoms with Gasteiger partial charge in [0.15, 0.2) is 5.82 Å². The molecular weight excluding hydrogens is 214 g/mol. The Bertz CT molecular complexity index is 455. The normalized spacial score (nSPS) is 16.9. The molecule has 1 aromatic rings. The summed E-state index contributed by atoms with van der Waals surface area (Å²) < 4.78 is 0. The molecular formula is C12H17N5. The lowest BCUT2D eigenvalue weighted by molar-refractivity contribution is 0.311. The van der Waals surface area contributed by atoms with Crippen LogP contribution in [-0.4, -0.2) is 48.3 Å². The summed E-state index contributed by atoms with van der Waals surface area (Å²) in [6.45, 7) is 7.63.